The van der Waals surface area contributed by atoms with Gasteiger partial charge in [-0.05, 0) is 45.7 Å². The van der Waals surface area contributed by atoms with Crippen LogP contribution in [0.2, 0.25) is 0 Å². The van der Waals surface area contributed by atoms with Crippen molar-refractivity contribution in [3.63, 3.8) is 0 Å². The van der Waals surface area contributed by atoms with Crippen LogP contribution in [0.3, 0.4) is 0 Å². The van der Waals surface area contributed by atoms with Gasteiger partial charge >= 0.3 is 0 Å². The third-order valence-corrected chi connectivity index (χ3v) is 2.76. The molecule has 1 atom stereocenters. The zero-order valence-corrected chi connectivity index (χ0v) is 10.4. The maximum absolute atomic E-state index is 11.3. The molecule has 1 aliphatic rings. The van der Waals surface area contributed by atoms with Crippen LogP contribution in [0.4, 0.5) is 0 Å². The molecule has 0 saturated carbocycles. The molecule has 0 aromatic heterocycles. The van der Waals surface area contributed by atoms with Gasteiger partial charge in [-0.1, -0.05) is 0 Å². The Labute approximate surface area is 98.1 Å². The Bertz CT molecular complexity index is 201. The molecule has 16 heavy (non-hydrogen) atoms. The molecule has 0 aromatic carbocycles. The summed E-state index contributed by atoms with van der Waals surface area (Å²) in [6.07, 6.45) is 2.84. The van der Waals surface area contributed by atoms with Crippen molar-refractivity contribution in [2.24, 2.45) is 5.92 Å². The van der Waals surface area contributed by atoms with E-state index in [1.165, 1.54) is 6.42 Å². The van der Waals surface area contributed by atoms with Gasteiger partial charge < -0.3 is 15.4 Å². The quantitative estimate of drug-likeness (QED) is 0.637. The largest absolute Gasteiger partial charge is 0.381 e. The molecule has 1 fully saturated rings. The predicted molar refractivity (Wildman–Crippen MR) is 64.3 cm³/mol. The van der Waals surface area contributed by atoms with Gasteiger partial charge in [0.05, 0.1) is 6.61 Å². The second kappa shape index (κ2) is 7.63. The molecule has 94 valence electrons. The van der Waals surface area contributed by atoms with E-state index in [1.807, 2.05) is 13.8 Å². The van der Waals surface area contributed by atoms with Crippen molar-refractivity contribution < 1.29 is 9.53 Å². The molecule has 0 radical (unpaired) electrons. The summed E-state index contributed by atoms with van der Waals surface area (Å²) in [6, 6.07) is 0.220. The Morgan fingerprint density at radius 2 is 2.31 bits per heavy atom. The van der Waals surface area contributed by atoms with Crippen LogP contribution < -0.4 is 10.6 Å². The van der Waals surface area contributed by atoms with Crippen molar-refractivity contribution in [3.8, 4) is 0 Å². The van der Waals surface area contributed by atoms with Gasteiger partial charge in [0, 0.05) is 19.1 Å². The van der Waals surface area contributed by atoms with Gasteiger partial charge in [-0.3, -0.25) is 4.79 Å². The van der Waals surface area contributed by atoms with Gasteiger partial charge in [-0.15, -0.1) is 0 Å². The van der Waals surface area contributed by atoms with E-state index in [-0.39, 0.29) is 11.9 Å². The molecule has 0 aliphatic carbocycles. The SMILES string of the molecule is CC(C)NC(=O)CCOCCC1CCNC1. The standard InChI is InChI=1S/C12H24N2O2/c1-10(2)14-12(15)5-8-16-7-4-11-3-6-13-9-11/h10-11,13H,3-9H2,1-2H3,(H,14,15). The van der Waals surface area contributed by atoms with Crippen LogP contribution in [-0.2, 0) is 9.53 Å². The van der Waals surface area contributed by atoms with Crippen LogP contribution in [0.25, 0.3) is 0 Å². The summed E-state index contributed by atoms with van der Waals surface area (Å²) >= 11 is 0. The van der Waals surface area contributed by atoms with E-state index >= 15 is 0 Å². The molecule has 1 saturated heterocycles. The number of rotatable bonds is 7. The van der Waals surface area contributed by atoms with E-state index in [0.717, 1.165) is 32.0 Å². The van der Waals surface area contributed by atoms with E-state index in [4.69, 9.17) is 4.74 Å². The molecule has 1 amide bonds. The summed E-state index contributed by atoms with van der Waals surface area (Å²) in [5.41, 5.74) is 0. The van der Waals surface area contributed by atoms with Crippen LogP contribution in [0.5, 0.6) is 0 Å². The lowest BCUT2D eigenvalue weighted by molar-refractivity contribution is -0.122. The fraction of sp³-hybridized carbons (Fsp3) is 0.917. The number of carbonyl (C=O) groups is 1. The summed E-state index contributed by atoms with van der Waals surface area (Å²) in [5.74, 6) is 0.849. The molecule has 4 nitrogen and oxygen atoms in total. The lowest BCUT2D eigenvalue weighted by Crippen LogP contribution is -2.30. The lowest BCUT2D eigenvalue weighted by Gasteiger charge is -2.10. The molecular formula is C12H24N2O2. The molecule has 4 heteroatoms. The van der Waals surface area contributed by atoms with Crippen molar-refractivity contribution in [2.75, 3.05) is 26.3 Å². The average Bonchev–Trinajstić information content (AvgIpc) is 2.68. The Kier molecular flexibility index (Phi) is 6.42. The van der Waals surface area contributed by atoms with Crippen LogP contribution >= 0.6 is 0 Å². The highest BCUT2D eigenvalue weighted by Crippen LogP contribution is 2.11. The van der Waals surface area contributed by atoms with E-state index in [1.54, 1.807) is 0 Å². The number of carbonyl (C=O) groups excluding carboxylic acids is 1. The number of hydrogen-bond donors (Lipinski definition) is 2. The molecule has 1 rings (SSSR count). The fourth-order valence-electron chi connectivity index (χ4n) is 1.87. The highest BCUT2D eigenvalue weighted by atomic mass is 16.5. The van der Waals surface area contributed by atoms with Crippen molar-refractivity contribution in [2.45, 2.75) is 39.2 Å². The lowest BCUT2D eigenvalue weighted by atomic mass is 10.1. The fourth-order valence-corrected chi connectivity index (χ4v) is 1.87. The number of amides is 1. The number of hydrogen-bond acceptors (Lipinski definition) is 3. The van der Waals surface area contributed by atoms with Gasteiger partial charge in [0.1, 0.15) is 0 Å². The molecule has 1 unspecified atom stereocenters. The molecule has 1 heterocycles. The monoisotopic (exact) mass is 228 g/mol. The first-order valence-electron chi connectivity index (χ1n) is 6.26. The van der Waals surface area contributed by atoms with Gasteiger partial charge in [-0.25, -0.2) is 0 Å². The zero-order chi connectivity index (χ0) is 11.8. The van der Waals surface area contributed by atoms with Crippen LogP contribution in [0.15, 0.2) is 0 Å². The molecular weight excluding hydrogens is 204 g/mol. The zero-order valence-electron chi connectivity index (χ0n) is 10.4. The van der Waals surface area contributed by atoms with E-state index in [9.17, 15) is 4.79 Å². The maximum Gasteiger partial charge on any atom is 0.222 e. The van der Waals surface area contributed by atoms with Gasteiger partial charge in [0.25, 0.3) is 0 Å². The van der Waals surface area contributed by atoms with Crippen LogP contribution in [-0.4, -0.2) is 38.3 Å². The Morgan fingerprint density at radius 1 is 1.50 bits per heavy atom. The minimum atomic E-state index is 0.0810. The third-order valence-electron chi connectivity index (χ3n) is 2.76. The maximum atomic E-state index is 11.3. The minimum absolute atomic E-state index is 0.0810. The molecule has 1 aliphatic heterocycles. The third kappa shape index (κ3) is 6.08. The van der Waals surface area contributed by atoms with Gasteiger partial charge in [-0.2, -0.15) is 0 Å². The molecule has 0 bridgehead atoms. The van der Waals surface area contributed by atoms with Crippen molar-refractivity contribution in [1.29, 1.82) is 0 Å². The first kappa shape index (κ1) is 13.5. The normalized spacial score (nSPS) is 20.3. The topological polar surface area (TPSA) is 50.4 Å². The van der Waals surface area contributed by atoms with Gasteiger partial charge in [0.2, 0.25) is 5.91 Å². The summed E-state index contributed by atoms with van der Waals surface area (Å²) in [6.45, 7) is 7.51. The highest BCUT2D eigenvalue weighted by molar-refractivity contribution is 5.76. The van der Waals surface area contributed by atoms with Gasteiger partial charge in [0.15, 0.2) is 0 Å². The summed E-state index contributed by atoms with van der Waals surface area (Å²) in [5, 5.41) is 6.18. The smallest absolute Gasteiger partial charge is 0.222 e. The Balaban J connectivity index is 1.89. The Hall–Kier alpha value is -0.610. The minimum Gasteiger partial charge on any atom is -0.381 e. The second-order valence-corrected chi connectivity index (χ2v) is 4.73. The second-order valence-electron chi connectivity index (χ2n) is 4.73. The van der Waals surface area contributed by atoms with E-state index < -0.39 is 0 Å². The van der Waals surface area contributed by atoms with E-state index in [2.05, 4.69) is 10.6 Å². The first-order valence-corrected chi connectivity index (χ1v) is 6.26. The average molecular weight is 228 g/mol. The molecule has 2 N–H and O–H groups in total. The van der Waals surface area contributed by atoms with Crippen LogP contribution in [0.1, 0.15) is 33.1 Å². The molecule has 0 aromatic rings. The van der Waals surface area contributed by atoms with Crippen molar-refractivity contribution >= 4 is 5.91 Å². The Morgan fingerprint density at radius 3 is 2.94 bits per heavy atom. The number of nitrogens with one attached hydrogen (secondary N) is 2. The predicted octanol–water partition coefficient (Wildman–Crippen LogP) is 0.917. The first-order chi connectivity index (χ1) is 7.68. The summed E-state index contributed by atoms with van der Waals surface area (Å²) in [7, 11) is 0. The summed E-state index contributed by atoms with van der Waals surface area (Å²) < 4.78 is 5.46. The highest BCUT2D eigenvalue weighted by Gasteiger charge is 2.13. The van der Waals surface area contributed by atoms with Crippen LogP contribution in [0, 0.1) is 5.92 Å². The van der Waals surface area contributed by atoms with Crippen molar-refractivity contribution in [1.82, 2.24) is 10.6 Å². The van der Waals surface area contributed by atoms with E-state index in [0.29, 0.717) is 13.0 Å². The van der Waals surface area contributed by atoms with Crippen molar-refractivity contribution in [3.05, 3.63) is 0 Å². The molecule has 0 spiro atoms. The summed E-state index contributed by atoms with van der Waals surface area (Å²) in [4.78, 5) is 11.3. The number of ether oxygens (including phenoxy) is 1.